The highest BCUT2D eigenvalue weighted by Gasteiger charge is 2.36. The molecule has 0 saturated heterocycles. The first kappa shape index (κ1) is 21.6. The van der Waals surface area contributed by atoms with Gasteiger partial charge in [-0.2, -0.15) is 4.98 Å². The van der Waals surface area contributed by atoms with E-state index in [4.69, 9.17) is 21.1 Å². The SMILES string of the molecule is CC(O)C(NC(=O)N[C@@H](CC(N)=O)c1nc(C2(N)CCCCC2)no1)C(=O)O. The maximum Gasteiger partial charge on any atom is 0.328 e. The molecular formula is C16H26N6O6. The number of aliphatic hydroxyl groups excluding tert-OH is 1. The van der Waals surface area contributed by atoms with Crippen molar-refractivity contribution in [2.75, 3.05) is 0 Å². The summed E-state index contributed by atoms with van der Waals surface area (Å²) in [4.78, 5) is 38.8. The predicted molar refractivity (Wildman–Crippen MR) is 94.6 cm³/mol. The van der Waals surface area contributed by atoms with Gasteiger partial charge in [-0.05, 0) is 19.8 Å². The fraction of sp³-hybridized carbons (Fsp3) is 0.688. The average Bonchev–Trinajstić information content (AvgIpc) is 3.10. The van der Waals surface area contributed by atoms with Crippen LogP contribution in [0.4, 0.5) is 4.79 Å². The average molecular weight is 398 g/mol. The van der Waals surface area contributed by atoms with Crippen molar-refractivity contribution >= 4 is 17.9 Å². The number of aliphatic hydroxyl groups is 1. The van der Waals surface area contributed by atoms with Crippen LogP contribution in [0.2, 0.25) is 0 Å². The van der Waals surface area contributed by atoms with Gasteiger partial charge in [-0.3, -0.25) is 4.79 Å². The Labute approximate surface area is 161 Å². The van der Waals surface area contributed by atoms with Crippen LogP contribution in [0.25, 0.3) is 0 Å². The fourth-order valence-corrected chi connectivity index (χ4v) is 3.12. The monoisotopic (exact) mass is 398 g/mol. The van der Waals surface area contributed by atoms with Gasteiger partial charge in [0.15, 0.2) is 11.9 Å². The molecule has 1 aromatic heterocycles. The number of nitrogens with zero attached hydrogens (tertiary/aromatic N) is 2. The Balaban J connectivity index is 2.14. The van der Waals surface area contributed by atoms with Crippen molar-refractivity contribution < 1.29 is 29.1 Å². The number of carboxylic acid groups (broad SMARTS) is 1. The summed E-state index contributed by atoms with van der Waals surface area (Å²) < 4.78 is 5.19. The molecule has 2 unspecified atom stereocenters. The molecule has 28 heavy (non-hydrogen) atoms. The van der Waals surface area contributed by atoms with Crippen molar-refractivity contribution in [3.05, 3.63) is 11.7 Å². The molecule has 12 nitrogen and oxygen atoms in total. The van der Waals surface area contributed by atoms with Crippen molar-refractivity contribution in [3.63, 3.8) is 0 Å². The van der Waals surface area contributed by atoms with E-state index in [1.165, 1.54) is 6.92 Å². The number of rotatable bonds is 8. The van der Waals surface area contributed by atoms with Crippen molar-refractivity contribution in [1.29, 1.82) is 0 Å². The Hall–Kier alpha value is -2.73. The molecule has 3 atom stereocenters. The zero-order valence-electron chi connectivity index (χ0n) is 15.6. The van der Waals surface area contributed by atoms with E-state index in [1.807, 2.05) is 0 Å². The zero-order valence-corrected chi connectivity index (χ0v) is 15.6. The van der Waals surface area contributed by atoms with Gasteiger partial charge < -0.3 is 36.8 Å². The lowest BCUT2D eigenvalue weighted by Gasteiger charge is -2.29. The first-order valence-electron chi connectivity index (χ1n) is 9.01. The second kappa shape index (κ2) is 8.97. The summed E-state index contributed by atoms with van der Waals surface area (Å²) in [5.41, 5.74) is 10.8. The van der Waals surface area contributed by atoms with Crippen LogP contribution in [-0.2, 0) is 15.1 Å². The van der Waals surface area contributed by atoms with Crippen LogP contribution in [0.1, 0.15) is 63.2 Å². The molecule has 0 bridgehead atoms. The number of carboxylic acids is 1. The number of nitrogens with one attached hydrogen (secondary N) is 2. The Morgan fingerprint density at radius 2 is 1.89 bits per heavy atom. The van der Waals surface area contributed by atoms with E-state index >= 15 is 0 Å². The first-order valence-corrected chi connectivity index (χ1v) is 9.01. The molecule has 1 aromatic rings. The van der Waals surface area contributed by atoms with E-state index < -0.39 is 41.6 Å². The highest BCUT2D eigenvalue weighted by Crippen LogP contribution is 2.33. The normalized spacial score (nSPS) is 19.2. The van der Waals surface area contributed by atoms with Crippen molar-refractivity contribution in [2.24, 2.45) is 11.5 Å². The van der Waals surface area contributed by atoms with Crippen LogP contribution in [0.15, 0.2) is 4.52 Å². The van der Waals surface area contributed by atoms with Gasteiger partial charge in [-0.15, -0.1) is 0 Å². The van der Waals surface area contributed by atoms with Gasteiger partial charge in [0.1, 0.15) is 6.04 Å². The van der Waals surface area contributed by atoms with Gasteiger partial charge in [0, 0.05) is 0 Å². The number of urea groups is 1. The maximum absolute atomic E-state index is 12.1. The lowest BCUT2D eigenvalue weighted by Crippen LogP contribution is -2.52. The minimum Gasteiger partial charge on any atom is -0.480 e. The molecule has 2 rings (SSSR count). The fourth-order valence-electron chi connectivity index (χ4n) is 3.12. The summed E-state index contributed by atoms with van der Waals surface area (Å²) in [6.45, 7) is 1.22. The molecule has 1 aliphatic rings. The number of hydrogen-bond acceptors (Lipinski definition) is 8. The Bertz CT molecular complexity index is 714. The van der Waals surface area contributed by atoms with E-state index in [9.17, 15) is 19.5 Å². The molecule has 1 aliphatic carbocycles. The Morgan fingerprint density at radius 3 is 2.43 bits per heavy atom. The molecule has 0 radical (unpaired) electrons. The van der Waals surface area contributed by atoms with E-state index in [1.54, 1.807) is 0 Å². The standard InChI is InChI=1S/C16H26N6O6/c1-8(23)11(13(25)26)20-15(27)19-9(7-10(17)24)12-21-14(22-28-12)16(18)5-3-2-4-6-16/h8-9,11,23H,2-7,18H2,1H3,(H2,17,24)(H,25,26)(H2,19,20,27)/t8?,9-,11?/m0/s1. The quantitative estimate of drug-likeness (QED) is 0.324. The van der Waals surface area contributed by atoms with Crippen LogP contribution < -0.4 is 22.1 Å². The molecule has 1 heterocycles. The minimum absolute atomic E-state index is 0.0664. The molecule has 0 spiro atoms. The third kappa shape index (κ3) is 5.39. The molecule has 0 aliphatic heterocycles. The molecular weight excluding hydrogens is 372 g/mol. The summed E-state index contributed by atoms with van der Waals surface area (Å²) in [5, 5.41) is 26.9. The van der Waals surface area contributed by atoms with E-state index in [2.05, 4.69) is 20.8 Å². The highest BCUT2D eigenvalue weighted by molar-refractivity contribution is 5.83. The number of carbonyl (C=O) groups excluding carboxylic acids is 2. The van der Waals surface area contributed by atoms with Gasteiger partial charge in [0.05, 0.1) is 18.1 Å². The summed E-state index contributed by atoms with van der Waals surface area (Å²) in [6.07, 6.45) is 2.63. The Morgan fingerprint density at radius 1 is 1.25 bits per heavy atom. The maximum atomic E-state index is 12.1. The van der Waals surface area contributed by atoms with E-state index in [0.717, 1.165) is 19.3 Å². The number of nitrogens with two attached hydrogens (primary N) is 2. The number of amides is 3. The highest BCUT2D eigenvalue weighted by atomic mass is 16.5. The summed E-state index contributed by atoms with van der Waals surface area (Å²) in [5.74, 6) is -1.94. The molecule has 8 N–H and O–H groups in total. The molecule has 1 fully saturated rings. The van der Waals surface area contributed by atoms with Gasteiger partial charge in [0.2, 0.25) is 11.8 Å². The predicted octanol–water partition coefficient (Wildman–Crippen LogP) is -0.763. The minimum atomic E-state index is -1.54. The van der Waals surface area contributed by atoms with Gasteiger partial charge >= 0.3 is 12.0 Å². The van der Waals surface area contributed by atoms with Crippen molar-refractivity contribution in [3.8, 4) is 0 Å². The summed E-state index contributed by atoms with van der Waals surface area (Å²) >= 11 is 0. The number of aromatic nitrogens is 2. The number of aliphatic carboxylic acids is 1. The van der Waals surface area contributed by atoms with Crippen LogP contribution in [-0.4, -0.2) is 50.4 Å². The second-order valence-electron chi connectivity index (χ2n) is 7.07. The zero-order chi connectivity index (χ0) is 20.9. The topological polar surface area (TPSA) is 207 Å². The Kier molecular flexibility index (Phi) is 6.91. The van der Waals surface area contributed by atoms with Gasteiger partial charge in [-0.25, -0.2) is 9.59 Å². The number of hydrogen-bond donors (Lipinski definition) is 6. The van der Waals surface area contributed by atoms with Crippen molar-refractivity contribution in [1.82, 2.24) is 20.8 Å². The van der Waals surface area contributed by atoms with Gasteiger partial charge in [-0.1, -0.05) is 24.4 Å². The lowest BCUT2D eigenvalue weighted by molar-refractivity contribution is -0.141. The van der Waals surface area contributed by atoms with E-state index in [-0.39, 0.29) is 18.1 Å². The largest absolute Gasteiger partial charge is 0.480 e. The first-order chi connectivity index (χ1) is 13.1. The molecule has 12 heteroatoms. The summed E-state index contributed by atoms with van der Waals surface area (Å²) in [6, 6.07) is -3.56. The molecule has 1 saturated carbocycles. The molecule has 156 valence electrons. The molecule has 3 amide bonds. The number of carbonyl (C=O) groups is 3. The van der Waals surface area contributed by atoms with Crippen LogP contribution >= 0.6 is 0 Å². The number of primary amides is 1. The summed E-state index contributed by atoms with van der Waals surface area (Å²) in [7, 11) is 0. The molecule has 0 aromatic carbocycles. The third-order valence-electron chi connectivity index (χ3n) is 4.68. The smallest absolute Gasteiger partial charge is 0.328 e. The van der Waals surface area contributed by atoms with Crippen molar-refractivity contribution in [2.45, 2.75) is 69.2 Å². The van der Waals surface area contributed by atoms with Crippen LogP contribution in [0.3, 0.4) is 0 Å². The van der Waals surface area contributed by atoms with E-state index in [0.29, 0.717) is 12.8 Å². The second-order valence-corrected chi connectivity index (χ2v) is 7.07. The lowest BCUT2D eigenvalue weighted by atomic mass is 9.82. The van der Waals surface area contributed by atoms with Gasteiger partial charge in [0.25, 0.3) is 0 Å². The van der Waals surface area contributed by atoms with Crippen LogP contribution in [0, 0.1) is 0 Å². The van der Waals surface area contributed by atoms with Crippen LogP contribution in [0.5, 0.6) is 0 Å². The third-order valence-corrected chi connectivity index (χ3v) is 4.68.